The number of ether oxygens (including phenoxy) is 2. The van der Waals surface area contributed by atoms with Crippen molar-refractivity contribution in [2.75, 3.05) is 32.2 Å². The quantitative estimate of drug-likeness (QED) is 0.779. The molecule has 1 aliphatic rings. The van der Waals surface area contributed by atoms with Gasteiger partial charge in [-0.25, -0.2) is 0 Å². The van der Waals surface area contributed by atoms with E-state index in [0.29, 0.717) is 35.7 Å². The molecule has 3 rings (SSSR count). The summed E-state index contributed by atoms with van der Waals surface area (Å²) < 4.78 is 10.5. The monoisotopic (exact) mass is 393 g/mol. The summed E-state index contributed by atoms with van der Waals surface area (Å²) in [4.78, 5) is 26.5. The molecule has 1 atom stereocenters. The number of nitrogens with zero attached hydrogens (tertiary/aromatic N) is 2. The molecule has 0 bridgehead atoms. The third-order valence-electron chi connectivity index (χ3n) is 4.97. The van der Waals surface area contributed by atoms with E-state index in [1.54, 1.807) is 38.5 Å². The Morgan fingerprint density at radius 2 is 1.97 bits per heavy atom. The van der Waals surface area contributed by atoms with Gasteiger partial charge in [0.1, 0.15) is 6.07 Å². The summed E-state index contributed by atoms with van der Waals surface area (Å²) in [5, 5.41) is 12.2. The molecular weight excluding hydrogens is 370 g/mol. The number of carbonyl (C=O) groups is 2. The predicted octanol–water partition coefficient (Wildman–Crippen LogP) is 2.29. The number of anilines is 1. The van der Waals surface area contributed by atoms with E-state index < -0.39 is 5.92 Å². The number of hydrogen-bond donors (Lipinski definition) is 1. The smallest absolute Gasteiger partial charge is 0.227 e. The highest BCUT2D eigenvalue weighted by molar-refractivity contribution is 6.01. The highest BCUT2D eigenvalue weighted by Crippen LogP contribution is 2.29. The molecular formula is C22H23N3O4. The van der Waals surface area contributed by atoms with Gasteiger partial charge in [0.2, 0.25) is 11.8 Å². The lowest BCUT2D eigenvalue weighted by molar-refractivity contribution is -0.126. The Kier molecular flexibility index (Phi) is 6.35. The molecule has 1 N–H and O–H groups in total. The number of nitriles is 1. The van der Waals surface area contributed by atoms with Crippen molar-refractivity contribution in [2.24, 2.45) is 5.92 Å². The van der Waals surface area contributed by atoms with Crippen LogP contribution in [0.25, 0.3) is 0 Å². The van der Waals surface area contributed by atoms with Gasteiger partial charge < -0.3 is 19.7 Å². The minimum Gasteiger partial charge on any atom is -0.493 e. The maximum atomic E-state index is 12.5. The van der Waals surface area contributed by atoms with Crippen LogP contribution in [0.15, 0.2) is 42.5 Å². The third-order valence-corrected chi connectivity index (χ3v) is 4.97. The van der Waals surface area contributed by atoms with Gasteiger partial charge >= 0.3 is 0 Å². The average molecular weight is 393 g/mol. The van der Waals surface area contributed by atoms with Gasteiger partial charge in [0, 0.05) is 19.5 Å². The lowest BCUT2D eigenvalue weighted by Gasteiger charge is -2.18. The van der Waals surface area contributed by atoms with E-state index in [1.165, 1.54) is 4.90 Å². The highest BCUT2D eigenvalue weighted by Gasteiger charge is 2.35. The van der Waals surface area contributed by atoms with Crippen LogP contribution in [0.5, 0.6) is 11.5 Å². The van der Waals surface area contributed by atoms with E-state index in [1.807, 2.05) is 18.2 Å². The molecule has 1 saturated heterocycles. The van der Waals surface area contributed by atoms with Crippen LogP contribution in [-0.4, -0.2) is 39.1 Å². The third kappa shape index (κ3) is 4.49. The molecule has 2 amide bonds. The summed E-state index contributed by atoms with van der Waals surface area (Å²) in [6.45, 7) is 0.730. The molecule has 150 valence electrons. The Balaban J connectivity index is 1.57. The zero-order valence-corrected chi connectivity index (χ0v) is 16.5. The van der Waals surface area contributed by atoms with Crippen molar-refractivity contribution in [3.8, 4) is 17.6 Å². The standard InChI is InChI=1S/C22H23N3O4/c1-28-19-8-7-15(11-20(19)29-2)9-10-24-22(27)17-12-21(26)25(14-17)18-6-4-3-5-16(18)13-23/h3-8,11,17H,9-10,12,14H2,1-2H3,(H,24,27). The fraction of sp³-hybridized carbons (Fsp3) is 0.318. The molecule has 1 unspecified atom stereocenters. The number of hydrogen-bond acceptors (Lipinski definition) is 5. The fourth-order valence-corrected chi connectivity index (χ4v) is 3.43. The van der Waals surface area contributed by atoms with E-state index in [0.717, 1.165) is 5.56 Å². The van der Waals surface area contributed by atoms with Crippen LogP contribution in [0.1, 0.15) is 17.5 Å². The van der Waals surface area contributed by atoms with Crippen LogP contribution >= 0.6 is 0 Å². The molecule has 0 aromatic heterocycles. The summed E-state index contributed by atoms with van der Waals surface area (Å²) in [5.41, 5.74) is 1.99. The van der Waals surface area contributed by atoms with E-state index in [-0.39, 0.29) is 24.8 Å². The average Bonchev–Trinajstić information content (AvgIpc) is 3.15. The van der Waals surface area contributed by atoms with Crippen molar-refractivity contribution in [3.63, 3.8) is 0 Å². The first kappa shape index (κ1) is 20.2. The SMILES string of the molecule is COc1ccc(CCNC(=O)C2CC(=O)N(c3ccccc3C#N)C2)cc1OC. The van der Waals surface area contributed by atoms with Crippen molar-refractivity contribution in [1.82, 2.24) is 5.32 Å². The molecule has 1 heterocycles. The van der Waals surface area contributed by atoms with Gasteiger partial charge in [-0.05, 0) is 36.2 Å². The van der Waals surface area contributed by atoms with Crippen LogP contribution in [0, 0.1) is 17.2 Å². The molecule has 29 heavy (non-hydrogen) atoms. The van der Waals surface area contributed by atoms with Crippen molar-refractivity contribution in [3.05, 3.63) is 53.6 Å². The van der Waals surface area contributed by atoms with E-state index in [4.69, 9.17) is 9.47 Å². The van der Waals surface area contributed by atoms with Crippen LogP contribution < -0.4 is 19.7 Å². The topological polar surface area (TPSA) is 91.7 Å². The summed E-state index contributed by atoms with van der Waals surface area (Å²) >= 11 is 0. The zero-order chi connectivity index (χ0) is 20.8. The Labute approximate surface area is 169 Å². The van der Waals surface area contributed by atoms with Crippen LogP contribution in [0.2, 0.25) is 0 Å². The summed E-state index contributed by atoms with van der Waals surface area (Å²) in [7, 11) is 3.16. The molecule has 0 radical (unpaired) electrons. The maximum absolute atomic E-state index is 12.5. The Hall–Kier alpha value is -3.53. The lowest BCUT2D eigenvalue weighted by atomic mass is 10.1. The van der Waals surface area contributed by atoms with Gasteiger partial charge in [-0.1, -0.05) is 18.2 Å². The van der Waals surface area contributed by atoms with Crippen molar-refractivity contribution < 1.29 is 19.1 Å². The minimum absolute atomic E-state index is 0.141. The second kappa shape index (κ2) is 9.11. The zero-order valence-electron chi connectivity index (χ0n) is 16.5. The Morgan fingerprint density at radius 1 is 1.21 bits per heavy atom. The van der Waals surface area contributed by atoms with Gasteiger partial charge in [0.05, 0.1) is 31.4 Å². The number of methoxy groups -OCH3 is 2. The number of rotatable bonds is 7. The largest absolute Gasteiger partial charge is 0.493 e. The van der Waals surface area contributed by atoms with Crippen molar-refractivity contribution >= 4 is 17.5 Å². The number of benzene rings is 2. The first-order chi connectivity index (χ1) is 14.1. The Morgan fingerprint density at radius 3 is 2.69 bits per heavy atom. The molecule has 7 nitrogen and oxygen atoms in total. The molecule has 0 saturated carbocycles. The number of para-hydroxylation sites is 1. The van der Waals surface area contributed by atoms with Crippen LogP contribution in [0.3, 0.4) is 0 Å². The summed E-state index contributed by atoms with van der Waals surface area (Å²) in [5.74, 6) is 0.565. The summed E-state index contributed by atoms with van der Waals surface area (Å²) in [6, 6.07) is 14.7. The first-order valence-electron chi connectivity index (χ1n) is 9.35. The molecule has 2 aromatic rings. The van der Waals surface area contributed by atoms with E-state index in [2.05, 4.69) is 11.4 Å². The van der Waals surface area contributed by atoms with Gasteiger partial charge in [-0.15, -0.1) is 0 Å². The van der Waals surface area contributed by atoms with Gasteiger partial charge in [-0.2, -0.15) is 5.26 Å². The van der Waals surface area contributed by atoms with Crippen molar-refractivity contribution in [2.45, 2.75) is 12.8 Å². The summed E-state index contributed by atoms with van der Waals surface area (Å²) in [6.07, 6.45) is 0.774. The highest BCUT2D eigenvalue weighted by atomic mass is 16.5. The van der Waals surface area contributed by atoms with Gasteiger partial charge in [-0.3, -0.25) is 9.59 Å². The number of carbonyl (C=O) groups excluding carboxylic acids is 2. The molecule has 0 aliphatic carbocycles. The predicted molar refractivity (Wildman–Crippen MR) is 108 cm³/mol. The minimum atomic E-state index is -0.431. The van der Waals surface area contributed by atoms with Crippen LogP contribution in [0.4, 0.5) is 5.69 Å². The molecule has 2 aromatic carbocycles. The Bertz CT molecular complexity index is 951. The second-order valence-corrected chi connectivity index (χ2v) is 6.76. The number of nitrogens with one attached hydrogen (secondary N) is 1. The molecule has 1 aliphatic heterocycles. The maximum Gasteiger partial charge on any atom is 0.227 e. The fourth-order valence-electron chi connectivity index (χ4n) is 3.43. The normalized spacial score (nSPS) is 15.7. The van der Waals surface area contributed by atoms with Crippen LogP contribution in [-0.2, 0) is 16.0 Å². The molecule has 0 spiro atoms. The van der Waals surface area contributed by atoms with Gasteiger partial charge in [0.25, 0.3) is 0 Å². The van der Waals surface area contributed by atoms with Crippen molar-refractivity contribution in [1.29, 1.82) is 5.26 Å². The molecule has 1 fully saturated rings. The lowest BCUT2D eigenvalue weighted by Crippen LogP contribution is -2.34. The number of amides is 2. The second-order valence-electron chi connectivity index (χ2n) is 6.76. The van der Waals surface area contributed by atoms with Gasteiger partial charge in [0.15, 0.2) is 11.5 Å². The van der Waals surface area contributed by atoms with E-state index in [9.17, 15) is 14.9 Å². The first-order valence-corrected chi connectivity index (χ1v) is 9.35. The van der Waals surface area contributed by atoms with E-state index >= 15 is 0 Å². The molecule has 7 heteroatoms.